The van der Waals surface area contributed by atoms with Crippen LogP contribution in [0.3, 0.4) is 0 Å². The first kappa shape index (κ1) is 16.5. The van der Waals surface area contributed by atoms with Crippen LogP contribution in [-0.4, -0.2) is 11.0 Å². The molecule has 2 N–H and O–H groups in total. The molecule has 25 heavy (non-hydrogen) atoms. The van der Waals surface area contributed by atoms with Gasteiger partial charge in [0.2, 0.25) is 5.91 Å². The van der Waals surface area contributed by atoms with Gasteiger partial charge in [-0.1, -0.05) is 72.8 Å². The molecule has 3 aromatic rings. The van der Waals surface area contributed by atoms with Gasteiger partial charge in [-0.25, -0.2) is 0 Å². The third kappa shape index (κ3) is 4.58. The first-order valence-electron chi connectivity index (χ1n) is 8.10. The summed E-state index contributed by atoms with van der Waals surface area (Å²) in [6, 6.07) is 26.3. The van der Waals surface area contributed by atoms with Crippen LogP contribution < -0.4 is 5.32 Å². The lowest BCUT2D eigenvalue weighted by atomic mass is 9.98. The Morgan fingerprint density at radius 1 is 0.800 bits per heavy atom. The highest BCUT2D eigenvalue weighted by Crippen LogP contribution is 2.21. The van der Waals surface area contributed by atoms with Crippen molar-refractivity contribution in [1.29, 1.82) is 0 Å². The van der Waals surface area contributed by atoms with Gasteiger partial charge in [0.25, 0.3) is 0 Å². The molecular formula is C22H19NO2. The van der Waals surface area contributed by atoms with Gasteiger partial charge in [0.15, 0.2) is 0 Å². The van der Waals surface area contributed by atoms with Gasteiger partial charge in [-0.15, -0.1) is 0 Å². The summed E-state index contributed by atoms with van der Waals surface area (Å²) in [5, 5.41) is 12.4. The predicted octanol–water partition coefficient (Wildman–Crippen LogP) is 4.31. The summed E-state index contributed by atoms with van der Waals surface area (Å²) in [5.74, 6) is 0.0283. The molecule has 0 aliphatic heterocycles. The summed E-state index contributed by atoms with van der Waals surface area (Å²) < 4.78 is 0. The minimum absolute atomic E-state index is 0.175. The molecule has 0 fully saturated rings. The molecule has 0 saturated carbocycles. The van der Waals surface area contributed by atoms with Gasteiger partial charge < -0.3 is 10.4 Å². The summed E-state index contributed by atoms with van der Waals surface area (Å²) in [5.41, 5.74) is 2.91. The van der Waals surface area contributed by atoms with Gasteiger partial charge in [0.05, 0.1) is 6.04 Å². The fourth-order valence-corrected chi connectivity index (χ4v) is 2.60. The molecule has 0 unspecified atom stereocenters. The fraction of sp³-hybridized carbons (Fsp3) is 0.0455. The Kier molecular flexibility index (Phi) is 5.27. The van der Waals surface area contributed by atoms with Crippen LogP contribution in [0.4, 0.5) is 0 Å². The molecule has 3 rings (SSSR count). The topological polar surface area (TPSA) is 49.3 Å². The maximum atomic E-state index is 12.4. The summed E-state index contributed by atoms with van der Waals surface area (Å²) in [6.45, 7) is 0. The second kappa shape index (κ2) is 7.97. The maximum Gasteiger partial charge on any atom is 0.244 e. The Labute approximate surface area is 147 Å². The van der Waals surface area contributed by atoms with Crippen molar-refractivity contribution < 1.29 is 9.90 Å². The summed E-state index contributed by atoms with van der Waals surface area (Å²) >= 11 is 0. The lowest BCUT2D eigenvalue weighted by Crippen LogP contribution is -2.27. The number of benzene rings is 3. The quantitative estimate of drug-likeness (QED) is 0.685. The molecule has 0 atom stereocenters. The first-order valence-corrected chi connectivity index (χ1v) is 8.10. The summed E-state index contributed by atoms with van der Waals surface area (Å²) in [4.78, 5) is 12.4. The normalized spacial score (nSPS) is 10.9. The third-order valence-corrected chi connectivity index (χ3v) is 3.87. The van der Waals surface area contributed by atoms with E-state index in [1.54, 1.807) is 30.3 Å². The average Bonchev–Trinajstić information content (AvgIpc) is 2.67. The number of carbonyl (C=O) groups is 1. The molecule has 3 heteroatoms. The zero-order chi connectivity index (χ0) is 17.5. The number of phenolic OH excluding ortho intramolecular Hbond substituents is 1. The molecule has 0 radical (unpaired) electrons. The van der Waals surface area contributed by atoms with Crippen molar-refractivity contribution in [2.75, 3.05) is 0 Å². The van der Waals surface area contributed by atoms with E-state index in [-0.39, 0.29) is 17.7 Å². The van der Waals surface area contributed by atoms with Gasteiger partial charge in [-0.2, -0.15) is 0 Å². The molecule has 3 aromatic carbocycles. The van der Waals surface area contributed by atoms with E-state index in [1.165, 1.54) is 6.08 Å². The number of amides is 1. The van der Waals surface area contributed by atoms with E-state index in [0.29, 0.717) is 0 Å². The summed E-state index contributed by atoms with van der Waals surface area (Å²) in [6.07, 6.45) is 3.23. The maximum absolute atomic E-state index is 12.4. The highest BCUT2D eigenvalue weighted by molar-refractivity contribution is 5.92. The lowest BCUT2D eigenvalue weighted by molar-refractivity contribution is -0.116. The van der Waals surface area contributed by atoms with Crippen molar-refractivity contribution >= 4 is 12.0 Å². The zero-order valence-electron chi connectivity index (χ0n) is 13.7. The summed E-state index contributed by atoms with van der Waals surface area (Å²) in [7, 11) is 0. The Morgan fingerprint density at radius 2 is 1.32 bits per heavy atom. The van der Waals surface area contributed by atoms with Crippen LogP contribution in [0.2, 0.25) is 0 Å². The van der Waals surface area contributed by atoms with E-state index in [0.717, 1.165) is 16.7 Å². The Hall–Kier alpha value is -3.33. The number of rotatable bonds is 5. The molecule has 0 aliphatic rings. The lowest BCUT2D eigenvalue weighted by Gasteiger charge is -2.19. The molecule has 3 nitrogen and oxygen atoms in total. The fourth-order valence-electron chi connectivity index (χ4n) is 2.60. The monoisotopic (exact) mass is 329 g/mol. The Morgan fingerprint density at radius 3 is 1.84 bits per heavy atom. The van der Waals surface area contributed by atoms with Crippen LogP contribution in [0, 0.1) is 0 Å². The molecule has 1 amide bonds. The van der Waals surface area contributed by atoms with Gasteiger partial charge in [0.1, 0.15) is 5.75 Å². The van der Waals surface area contributed by atoms with Gasteiger partial charge in [0, 0.05) is 6.08 Å². The van der Waals surface area contributed by atoms with Crippen LogP contribution >= 0.6 is 0 Å². The first-order chi connectivity index (χ1) is 12.2. The van der Waals surface area contributed by atoms with Crippen LogP contribution in [0.15, 0.2) is 91.0 Å². The highest BCUT2D eigenvalue weighted by atomic mass is 16.3. The smallest absolute Gasteiger partial charge is 0.244 e. The molecule has 0 aliphatic carbocycles. The van der Waals surface area contributed by atoms with Crippen LogP contribution in [0.1, 0.15) is 22.7 Å². The van der Waals surface area contributed by atoms with E-state index >= 15 is 0 Å². The number of aromatic hydroxyl groups is 1. The number of carbonyl (C=O) groups excluding carboxylic acids is 1. The molecule has 0 spiro atoms. The van der Waals surface area contributed by atoms with Crippen molar-refractivity contribution in [3.8, 4) is 5.75 Å². The minimum atomic E-state index is -0.209. The largest absolute Gasteiger partial charge is 0.508 e. The van der Waals surface area contributed by atoms with Crippen LogP contribution in [0.25, 0.3) is 6.08 Å². The molecule has 0 saturated heterocycles. The van der Waals surface area contributed by atoms with Gasteiger partial charge in [-0.3, -0.25) is 4.79 Å². The van der Waals surface area contributed by atoms with E-state index < -0.39 is 0 Å². The third-order valence-electron chi connectivity index (χ3n) is 3.87. The van der Waals surface area contributed by atoms with E-state index in [9.17, 15) is 9.90 Å². The van der Waals surface area contributed by atoms with Crippen molar-refractivity contribution in [2.24, 2.45) is 0 Å². The van der Waals surface area contributed by atoms with Gasteiger partial charge >= 0.3 is 0 Å². The van der Waals surface area contributed by atoms with Crippen molar-refractivity contribution in [1.82, 2.24) is 5.32 Å². The number of phenols is 1. The molecule has 0 heterocycles. The number of hydrogen-bond acceptors (Lipinski definition) is 2. The Bertz CT molecular complexity index is 801. The number of hydrogen-bond donors (Lipinski definition) is 2. The van der Waals surface area contributed by atoms with Crippen LogP contribution in [0.5, 0.6) is 5.75 Å². The predicted molar refractivity (Wildman–Crippen MR) is 100 cm³/mol. The van der Waals surface area contributed by atoms with Crippen LogP contribution in [-0.2, 0) is 4.79 Å². The second-order valence-electron chi connectivity index (χ2n) is 5.69. The molecule has 124 valence electrons. The van der Waals surface area contributed by atoms with E-state index in [1.807, 2.05) is 60.7 Å². The standard InChI is InChI=1S/C22H19NO2/c24-20-14-11-17(12-15-20)13-16-21(25)23-22(18-7-3-1-4-8-18)19-9-5-2-6-10-19/h1-16,22,24H,(H,23,25)/b16-13+. The van der Waals surface area contributed by atoms with Gasteiger partial charge in [-0.05, 0) is 34.9 Å². The van der Waals surface area contributed by atoms with E-state index in [2.05, 4.69) is 5.32 Å². The average molecular weight is 329 g/mol. The Balaban J connectivity index is 1.78. The molecule has 0 bridgehead atoms. The second-order valence-corrected chi connectivity index (χ2v) is 5.69. The molecule has 0 aromatic heterocycles. The van der Waals surface area contributed by atoms with Crippen molar-refractivity contribution in [3.05, 3.63) is 108 Å². The number of nitrogens with one attached hydrogen (secondary N) is 1. The zero-order valence-corrected chi connectivity index (χ0v) is 13.7. The SMILES string of the molecule is O=C(/C=C/c1ccc(O)cc1)NC(c1ccccc1)c1ccccc1. The minimum Gasteiger partial charge on any atom is -0.508 e. The van der Waals surface area contributed by atoms with Crippen molar-refractivity contribution in [3.63, 3.8) is 0 Å². The highest BCUT2D eigenvalue weighted by Gasteiger charge is 2.15. The van der Waals surface area contributed by atoms with E-state index in [4.69, 9.17) is 0 Å². The van der Waals surface area contributed by atoms with Crippen molar-refractivity contribution in [2.45, 2.75) is 6.04 Å². The molecular weight excluding hydrogens is 310 g/mol.